The number of hydrogen-bond donors (Lipinski definition) is 2. The van der Waals surface area contributed by atoms with Crippen LogP contribution in [0.2, 0.25) is 0 Å². The molecular weight excluding hydrogens is 309 g/mol. The van der Waals surface area contributed by atoms with Crippen molar-refractivity contribution in [1.29, 1.82) is 0 Å². The van der Waals surface area contributed by atoms with Gasteiger partial charge in [0.05, 0.1) is 5.92 Å². The number of likely N-dealkylation sites (N-methyl/N-ethyl adjacent to an activating group) is 1. The van der Waals surface area contributed by atoms with Gasteiger partial charge >= 0.3 is 0 Å². The van der Waals surface area contributed by atoms with Crippen LogP contribution in [0.4, 0.5) is 0 Å². The molecule has 0 radical (unpaired) electrons. The minimum atomic E-state index is -0.259. The van der Waals surface area contributed by atoms with Crippen LogP contribution < -0.4 is 11.1 Å². The number of rotatable bonds is 7. The lowest BCUT2D eigenvalue weighted by atomic mass is 9.95. The van der Waals surface area contributed by atoms with Gasteiger partial charge in [-0.1, -0.05) is 44.2 Å². The molecule has 122 valence electrons. The molecule has 0 heterocycles. The molecule has 1 aromatic carbocycles. The second-order valence-corrected chi connectivity index (χ2v) is 4.91. The standard InChI is InChI=1S/C15H25N3O.2ClH/c1-4-18(3)11-10-17-15(19)12(2)14(16)13-8-6-5-7-9-13;;/h5-9,12,14H,4,10-11,16H2,1-3H3,(H,17,19);2*1H. The Morgan fingerprint density at radius 2 is 1.86 bits per heavy atom. The molecule has 1 aromatic rings. The third-order valence-corrected chi connectivity index (χ3v) is 3.47. The van der Waals surface area contributed by atoms with Gasteiger partial charge in [-0.15, -0.1) is 24.8 Å². The first-order chi connectivity index (χ1) is 9.06. The minimum absolute atomic E-state index is 0. The molecule has 0 aromatic heterocycles. The number of halogens is 2. The Kier molecular flexibility index (Phi) is 12.6. The molecule has 2 atom stereocenters. The largest absolute Gasteiger partial charge is 0.355 e. The number of carbonyl (C=O) groups is 1. The third-order valence-electron chi connectivity index (χ3n) is 3.47. The average Bonchev–Trinajstić information content (AvgIpc) is 2.46. The molecule has 2 unspecified atom stereocenters. The highest BCUT2D eigenvalue weighted by Crippen LogP contribution is 2.18. The maximum Gasteiger partial charge on any atom is 0.224 e. The van der Waals surface area contributed by atoms with E-state index in [0.717, 1.165) is 18.7 Å². The van der Waals surface area contributed by atoms with Gasteiger partial charge in [-0.2, -0.15) is 0 Å². The summed E-state index contributed by atoms with van der Waals surface area (Å²) in [6.07, 6.45) is 0. The fraction of sp³-hybridized carbons (Fsp3) is 0.533. The van der Waals surface area contributed by atoms with Gasteiger partial charge in [-0.25, -0.2) is 0 Å². The monoisotopic (exact) mass is 335 g/mol. The van der Waals surface area contributed by atoms with E-state index in [-0.39, 0.29) is 42.7 Å². The Bertz CT molecular complexity index is 390. The number of carbonyl (C=O) groups excluding carboxylic acids is 1. The molecular formula is C15H27Cl2N3O. The molecule has 0 fully saturated rings. The molecule has 0 aliphatic carbocycles. The van der Waals surface area contributed by atoms with Gasteiger partial charge in [-0.3, -0.25) is 4.79 Å². The predicted molar refractivity (Wildman–Crippen MR) is 93.2 cm³/mol. The Hall–Kier alpha value is -0.810. The molecule has 0 saturated carbocycles. The van der Waals surface area contributed by atoms with Crippen molar-refractivity contribution < 1.29 is 4.79 Å². The van der Waals surface area contributed by atoms with Gasteiger partial charge in [0, 0.05) is 19.1 Å². The van der Waals surface area contributed by atoms with Crippen LogP contribution in [0, 0.1) is 5.92 Å². The number of amides is 1. The number of benzene rings is 1. The van der Waals surface area contributed by atoms with E-state index >= 15 is 0 Å². The number of nitrogens with zero attached hydrogens (tertiary/aromatic N) is 1. The maximum atomic E-state index is 12.0. The van der Waals surface area contributed by atoms with E-state index in [1.165, 1.54) is 0 Å². The zero-order valence-electron chi connectivity index (χ0n) is 12.9. The van der Waals surface area contributed by atoms with Crippen molar-refractivity contribution in [2.45, 2.75) is 19.9 Å². The summed E-state index contributed by atoms with van der Waals surface area (Å²) >= 11 is 0. The fourth-order valence-electron chi connectivity index (χ4n) is 1.82. The van der Waals surface area contributed by atoms with E-state index in [0.29, 0.717) is 6.54 Å². The van der Waals surface area contributed by atoms with Crippen LogP contribution in [-0.2, 0) is 4.79 Å². The van der Waals surface area contributed by atoms with Crippen molar-refractivity contribution in [3.63, 3.8) is 0 Å². The molecule has 3 N–H and O–H groups in total. The topological polar surface area (TPSA) is 58.4 Å². The Balaban J connectivity index is 0. The lowest BCUT2D eigenvalue weighted by Gasteiger charge is -2.21. The molecule has 0 saturated heterocycles. The minimum Gasteiger partial charge on any atom is -0.355 e. The van der Waals surface area contributed by atoms with Crippen LogP contribution in [0.3, 0.4) is 0 Å². The van der Waals surface area contributed by atoms with Gasteiger partial charge in [0.25, 0.3) is 0 Å². The third kappa shape index (κ3) is 7.67. The molecule has 1 rings (SSSR count). The quantitative estimate of drug-likeness (QED) is 0.803. The zero-order chi connectivity index (χ0) is 14.3. The highest BCUT2D eigenvalue weighted by Gasteiger charge is 2.21. The van der Waals surface area contributed by atoms with Gasteiger partial charge in [0.15, 0.2) is 0 Å². The lowest BCUT2D eigenvalue weighted by molar-refractivity contribution is -0.125. The van der Waals surface area contributed by atoms with Gasteiger partial charge < -0.3 is 16.0 Å². The summed E-state index contributed by atoms with van der Waals surface area (Å²) in [7, 11) is 2.03. The summed E-state index contributed by atoms with van der Waals surface area (Å²) < 4.78 is 0. The first kappa shape index (κ1) is 22.5. The van der Waals surface area contributed by atoms with Crippen LogP contribution in [0.15, 0.2) is 30.3 Å². The van der Waals surface area contributed by atoms with Crippen molar-refractivity contribution in [1.82, 2.24) is 10.2 Å². The Morgan fingerprint density at radius 3 is 2.38 bits per heavy atom. The first-order valence-corrected chi connectivity index (χ1v) is 6.83. The number of hydrogen-bond acceptors (Lipinski definition) is 3. The average molecular weight is 336 g/mol. The highest BCUT2D eigenvalue weighted by atomic mass is 35.5. The van der Waals surface area contributed by atoms with E-state index in [4.69, 9.17) is 5.73 Å². The maximum absolute atomic E-state index is 12.0. The molecule has 0 aliphatic heterocycles. The molecule has 4 nitrogen and oxygen atoms in total. The lowest BCUT2D eigenvalue weighted by Crippen LogP contribution is -2.39. The predicted octanol–water partition coefficient (Wildman–Crippen LogP) is 2.23. The van der Waals surface area contributed by atoms with E-state index in [9.17, 15) is 4.79 Å². The SMILES string of the molecule is CCN(C)CCNC(=O)C(C)C(N)c1ccccc1.Cl.Cl. The van der Waals surface area contributed by atoms with Crippen LogP contribution in [0.5, 0.6) is 0 Å². The van der Waals surface area contributed by atoms with E-state index < -0.39 is 0 Å². The van der Waals surface area contributed by atoms with Gasteiger partial charge in [-0.05, 0) is 19.2 Å². The summed E-state index contributed by atoms with van der Waals surface area (Å²) in [6.45, 7) is 6.46. The van der Waals surface area contributed by atoms with Crippen molar-refractivity contribution >= 4 is 30.7 Å². The molecule has 21 heavy (non-hydrogen) atoms. The number of nitrogens with one attached hydrogen (secondary N) is 1. The summed E-state index contributed by atoms with van der Waals surface area (Å²) in [5.74, 6) is -0.213. The Labute approximate surface area is 140 Å². The normalized spacial score (nSPS) is 12.8. The van der Waals surface area contributed by atoms with Gasteiger partial charge in [0.2, 0.25) is 5.91 Å². The smallest absolute Gasteiger partial charge is 0.224 e. The molecule has 0 spiro atoms. The van der Waals surface area contributed by atoms with Crippen molar-refractivity contribution in [2.24, 2.45) is 11.7 Å². The zero-order valence-corrected chi connectivity index (χ0v) is 14.5. The van der Waals surface area contributed by atoms with Crippen LogP contribution in [0.1, 0.15) is 25.5 Å². The van der Waals surface area contributed by atoms with Crippen molar-refractivity contribution in [2.75, 3.05) is 26.7 Å². The van der Waals surface area contributed by atoms with Crippen molar-refractivity contribution in [3.05, 3.63) is 35.9 Å². The highest BCUT2D eigenvalue weighted by molar-refractivity contribution is 5.85. The molecule has 0 aliphatic rings. The molecule has 6 heteroatoms. The van der Waals surface area contributed by atoms with Crippen LogP contribution >= 0.6 is 24.8 Å². The second-order valence-electron chi connectivity index (χ2n) is 4.91. The van der Waals surface area contributed by atoms with E-state index in [2.05, 4.69) is 17.1 Å². The van der Waals surface area contributed by atoms with E-state index in [1.807, 2.05) is 44.3 Å². The summed E-state index contributed by atoms with van der Waals surface area (Å²) in [5, 5.41) is 2.94. The summed E-state index contributed by atoms with van der Waals surface area (Å²) in [5.41, 5.74) is 7.12. The van der Waals surface area contributed by atoms with Crippen LogP contribution in [-0.4, -0.2) is 37.5 Å². The Morgan fingerprint density at radius 1 is 1.29 bits per heavy atom. The second kappa shape index (κ2) is 11.8. The fourth-order valence-corrected chi connectivity index (χ4v) is 1.82. The van der Waals surface area contributed by atoms with Gasteiger partial charge in [0.1, 0.15) is 0 Å². The number of nitrogens with two attached hydrogens (primary N) is 1. The van der Waals surface area contributed by atoms with E-state index in [1.54, 1.807) is 0 Å². The van der Waals surface area contributed by atoms with Crippen LogP contribution in [0.25, 0.3) is 0 Å². The van der Waals surface area contributed by atoms with Crippen molar-refractivity contribution in [3.8, 4) is 0 Å². The summed E-state index contributed by atoms with van der Waals surface area (Å²) in [6, 6.07) is 9.48. The molecule has 0 bridgehead atoms. The summed E-state index contributed by atoms with van der Waals surface area (Å²) in [4.78, 5) is 14.2. The first-order valence-electron chi connectivity index (χ1n) is 6.83. The molecule has 1 amide bonds.